The molecule has 4 nitrogen and oxygen atoms in total. The van der Waals surface area contributed by atoms with Gasteiger partial charge in [-0.1, -0.05) is 6.07 Å². The summed E-state index contributed by atoms with van der Waals surface area (Å²) >= 11 is 0. The summed E-state index contributed by atoms with van der Waals surface area (Å²) < 4.78 is 0. The Morgan fingerprint density at radius 1 is 1.00 bits per heavy atom. The fraction of sp³-hybridized carbons (Fsp3) is 0.333. The SMILES string of the molecule is Cc1ccc(N2CCc3ccc(O)cc3CC2)nn1. The molecule has 0 amide bonds. The van der Waals surface area contributed by atoms with Crippen molar-refractivity contribution in [1.29, 1.82) is 0 Å². The van der Waals surface area contributed by atoms with Crippen LogP contribution in [-0.2, 0) is 12.8 Å². The van der Waals surface area contributed by atoms with Crippen LogP contribution in [0.4, 0.5) is 5.82 Å². The molecule has 0 atom stereocenters. The minimum Gasteiger partial charge on any atom is -0.508 e. The van der Waals surface area contributed by atoms with E-state index < -0.39 is 0 Å². The number of aryl methyl sites for hydroxylation is 1. The molecule has 3 rings (SSSR count). The smallest absolute Gasteiger partial charge is 0.151 e. The number of phenols is 1. The molecule has 0 spiro atoms. The highest BCUT2D eigenvalue weighted by Crippen LogP contribution is 2.22. The molecule has 1 aliphatic heterocycles. The van der Waals surface area contributed by atoms with Gasteiger partial charge in [0, 0.05) is 13.1 Å². The van der Waals surface area contributed by atoms with Crippen LogP contribution >= 0.6 is 0 Å². The minimum atomic E-state index is 0.349. The lowest BCUT2D eigenvalue weighted by Crippen LogP contribution is -2.27. The van der Waals surface area contributed by atoms with Crippen LogP contribution in [0.3, 0.4) is 0 Å². The van der Waals surface area contributed by atoms with Crippen molar-refractivity contribution in [3.8, 4) is 5.75 Å². The number of nitrogens with zero attached hydrogens (tertiary/aromatic N) is 3. The van der Waals surface area contributed by atoms with Crippen molar-refractivity contribution in [2.24, 2.45) is 0 Å². The number of anilines is 1. The van der Waals surface area contributed by atoms with Gasteiger partial charge in [-0.2, -0.15) is 5.10 Å². The Kier molecular flexibility index (Phi) is 3.07. The van der Waals surface area contributed by atoms with Gasteiger partial charge < -0.3 is 10.0 Å². The molecule has 0 saturated carbocycles. The molecule has 98 valence electrons. The molecule has 19 heavy (non-hydrogen) atoms. The lowest BCUT2D eigenvalue weighted by atomic mass is 10.0. The van der Waals surface area contributed by atoms with E-state index in [1.165, 1.54) is 11.1 Å². The Hall–Kier alpha value is -2.10. The van der Waals surface area contributed by atoms with Gasteiger partial charge in [-0.25, -0.2) is 0 Å². The van der Waals surface area contributed by atoms with Crippen molar-refractivity contribution in [2.75, 3.05) is 18.0 Å². The second-order valence-electron chi connectivity index (χ2n) is 4.97. The second-order valence-corrected chi connectivity index (χ2v) is 4.97. The van der Waals surface area contributed by atoms with Gasteiger partial charge in [-0.3, -0.25) is 0 Å². The van der Waals surface area contributed by atoms with E-state index in [4.69, 9.17) is 0 Å². The maximum Gasteiger partial charge on any atom is 0.151 e. The maximum atomic E-state index is 9.56. The fourth-order valence-electron chi connectivity index (χ4n) is 2.50. The predicted octanol–water partition coefficient (Wildman–Crippen LogP) is 2.10. The number of aromatic hydroxyl groups is 1. The summed E-state index contributed by atoms with van der Waals surface area (Å²) in [6.07, 6.45) is 1.91. The molecular formula is C15H17N3O. The van der Waals surface area contributed by atoms with E-state index in [1.807, 2.05) is 31.2 Å². The first-order chi connectivity index (χ1) is 9.22. The molecule has 1 aliphatic rings. The van der Waals surface area contributed by atoms with Gasteiger partial charge in [-0.15, -0.1) is 5.10 Å². The molecule has 0 fully saturated rings. The highest BCUT2D eigenvalue weighted by molar-refractivity contribution is 5.42. The van der Waals surface area contributed by atoms with E-state index >= 15 is 0 Å². The van der Waals surface area contributed by atoms with Crippen molar-refractivity contribution in [2.45, 2.75) is 19.8 Å². The van der Waals surface area contributed by atoms with Gasteiger partial charge in [0.05, 0.1) is 5.69 Å². The molecule has 0 saturated heterocycles. The van der Waals surface area contributed by atoms with Crippen LogP contribution in [0.15, 0.2) is 30.3 Å². The summed E-state index contributed by atoms with van der Waals surface area (Å²) in [4.78, 5) is 2.25. The molecular weight excluding hydrogens is 238 g/mol. The highest BCUT2D eigenvalue weighted by Gasteiger charge is 2.15. The topological polar surface area (TPSA) is 49.2 Å². The summed E-state index contributed by atoms with van der Waals surface area (Å²) in [7, 11) is 0. The molecule has 1 N–H and O–H groups in total. The molecule has 4 heteroatoms. The Bertz CT molecular complexity index is 580. The van der Waals surface area contributed by atoms with Crippen molar-refractivity contribution in [3.05, 3.63) is 47.2 Å². The Labute approximate surface area is 112 Å². The molecule has 1 aromatic carbocycles. The Morgan fingerprint density at radius 3 is 2.53 bits per heavy atom. The summed E-state index contributed by atoms with van der Waals surface area (Å²) in [5.74, 6) is 1.28. The second kappa shape index (κ2) is 4.88. The van der Waals surface area contributed by atoms with E-state index in [-0.39, 0.29) is 0 Å². The van der Waals surface area contributed by atoms with Crippen LogP contribution in [0.25, 0.3) is 0 Å². The van der Waals surface area contributed by atoms with Crippen LogP contribution in [-0.4, -0.2) is 28.4 Å². The van der Waals surface area contributed by atoms with Crippen LogP contribution in [0.2, 0.25) is 0 Å². The van der Waals surface area contributed by atoms with Crippen molar-refractivity contribution in [1.82, 2.24) is 10.2 Å². The highest BCUT2D eigenvalue weighted by atomic mass is 16.3. The zero-order chi connectivity index (χ0) is 13.2. The number of benzene rings is 1. The number of hydrogen-bond donors (Lipinski definition) is 1. The van der Waals surface area contributed by atoms with Gasteiger partial charge in [0.2, 0.25) is 0 Å². The first-order valence-electron chi connectivity index (χ1n) is 6.58. The lowest BCUT2D eigenvalue weighted by Gasteiger charge is -2.20. The fourth-order valence-corrected chi connectivity index (χ4v) is 2.50. The third-order valence-electron chi connectivity index (χ3n) is 3.60. The van der Waals surface area contributed by atoms with E-state index in [2.05, 4.69) is 15.1 Å². The van der Waals surface area contributed by atoms with Crippen LogP contribution in [0, 0.1) is 6.92 Å². The average molecular weight is 255 g/mol. The monoisotopic (exact) mass is 255 g/mol. The Balaban J connectivity index is 1.81. The van der Waals surface area contributed by atoms with E-state index in [1.54, 1.807) is 6.07 Å². The minimum absolute atomic E-state index is 0.349. The summed E-state index contributed by atoms with van der Waals surface area (Å²) in [5.41, 5.74) is 3.50. The summed E-state index contributed by atoms with van der Waals surface area (Å²) in [5, 5.41) is 17.9. The van der Waals surface area contributed by atoms with E-state index in [9.17, 15) is 5.11 Å². The van der Waals surface area contributed by atoms with Gasteiger partial charge in [0.25, 0.3) is 0 Å². The largest absolute Gasteiger partial charge is 0.508 e. The Morgan fingerprint density at radius 2 is 1.79 bits per heavy atom. The molecule has 0 bridgehead atoms. The van der Waals surface area contributed by atoms with E-state index in [0.717, 1.165) is 37.4 Å². The lowest BCUT2D eigenvalue weighted by molar-refractivity contribution is 0.474. The number of hydrogen-bond acceptors (Lipinski definition) is 4. The van der Waals surface area contributed by atoms with E-state index in [0.29, 0.717) is 5.75 Å². The normalized spacial score (nSPS) is 14.9. The van der Waals surface area contributed by atoms with Gasteiger partial charge in [-0.05, 0) is 55.2 Å². The molecule has 0 unspecified atom stereocenters. The molecule has 2 heterocycles. The molecule has 0 aliphatic carbocycles. The third-order valence-corrected chi connectivity index (χ3v) is 3.60. The molecule has 0 radical (unpaired) electrons. The van der Waals surface area contributed by atoms with Crippen LogP contribution in [0.1, 0.15) is 16.8 Å². The predicted molar refractivity (Wildman–Crippen MR) is 74.5 cm³/mol. The maximum absolute atomic E-state index is 9.56. The standard InChI is InChI=1S/C15H17N3O/c1-11-2-5-15(17-16-11)18-8-6-12-3-4-14(19)10-13(12)7-9-18/h2-5,10,19H,6-9H2,1H3. The summed E-state index contributed by atoms with van der Waals surface area (Å²) in [6.45, 7) is 3.79. The number of fused-ring (bicyclic) bond motifs is 1. The van der Waals surface area contributed by atoms with Crippen molar-refractivity contribution < 1.29 is 5.11 Å². The number of phenolic OH excluding ortho intramolecular Hbond substituents is 1. The summed E-state index contributed by atoms with van der Waals surface area (Å²) in [6, 6.07) is 9.68. The third kappa shape index (κ3) is 2.52. The van der Waals surface area contributed by atoms with Gasteiger partial charge in [0.1, 0.15) is 5.75 Å². The zero-order valence-corrected chi connectivity index (χ0v) is 11.0. The van der Waals surface area contributed by atoms with Crippen LogP contribution < -0.4 is 4.90 Å². The van der Waals surface area contributed by atoms with Gasteiger partial charge >= 0.3 is 0 Å². The quantitative estimate of drug-likeness (QED) is 0.847. The van der Waals surface area contributed by atoms with Crippen molar-refractivity contribution in [3.63, 3.8) is 0 Å². The van der Waals surface area contributed by atoms with Crippen LogP contribution in [0.5, 0.6) is 5.75 Å². The molecule has 1 aromatic heterocycles. The average Bonchev–Trinajstić information content (AvgIpc) is 2.62. The number of rotatable bonds is 1. The zero-order valence-electron chi connectivity index (χ0n) is 11.0. The molecule has 2 aromatic rings. The number of aromatic nitrogens is 2. The van der Waals surface area contributed by atoms with Crippen molar-refractivity contribution >= 4 is 5.82 Å². The first-order valence-corrected chi connectivity index (χ1v) is 6.58. The first kappa shape index (κ1) is 12.0. The van der Waals surface area contributed by atoms with Gasteiger partial charge in [0.15, 0.2) is 5.82 Å².